The van der Waals surface area contributed by atoms with Gasteiger partial charge < -0.3 is 20.8 Å². The van der Waals surface area contributed by atoms with Gasteiger partial charge in [-0.05, 0) is 41.8 Å². The van der Waals surface area contributed by atoms with Crippen molar-refractivity contribution in [3.63, 3.8) is 0 Å². The van der Waals surface area contributed by atoms with Crippen LogP contribution in [0.4, 0.5) is 0 Å². The van der Waals surface area contributed by atoms with E-state index in [4.69, 9.17) is 27.8 Å². The quantitative estimate of drug-likeness (QED) is 0.620. The van der Waals surface area contributed by atoms with Gasteiger partial charge >= 0.3 is 0 Å². The molecule has 0 saturated carbocycles. The van der Waals surface area contributed by atoms with Gasteiger partial charge in [0.15, 0.2) is 6.61 Å². The smallest absolute Gasteiger partial charge is 0.258 e. The van der Waals surface area contributed by atoms with Gasteiger partial charge in [0.1, 0.15) is 5.75 Å². The number of nitrogens with zero attached hydrogens (tertiary/aromatic N) is 1. The molecule has 0 aliphatic carbocycles. The summed E-state index contributed by atoms with van der Waals surface area (Å²) in [6, 6.07) is 12.5. The van der Waals surface area contributed by atoms with Crippen LogP contribution in [-0.2, 0) is 17.9 Å². The molecule has 0 saturated heterocycles. The summed E-state index contributed by atoms with van der Waals surface area (Å²) in [5.41, 5.74) is 13.7. The number of rotatable bonds is 7. The van der Waals surface area contributed by atoms with Crippen LogP contribution >= 0.6 is 11.6 Å². The van der Waals surface area contributed by atoms with E-state index in [0.717, 1.165) is 16.8 Å². The highest BCUT2D eigenvalue weighted by Gasteiger charge is 2.18. The van der Waals surface area contributed by atoms with Crippen molar-refractivity contribution in [2.45, 2.75) is 26.9 Å². The Morgan fingerprint density at radius 1 is 1.14 bits per heavy atom. The lowest BCUT2D eigenvalue weighted by atomic mass is 9.96. The fourth-order valence-electron chi connectivity index (χ4n) is 3.43. The summed E-state index contributed by atoms with van der Waals surface area (Å²) in [5.74, 6) is 0.153. The van der Waals surface area contributed by atoms with E-state index >= 15 is 0 Å². The van der Waals surface area contributed by atoms with Gasteiger partial charge in [-0.3, -0.25) is 9.59 Å². The maximum Gasteiger partial charge on any atom is 0.258 e. The minimum atomic E-state index is -0.571. The third kappa shape index (κ3) is 4.44. The van der Waals surface area contributed by atoms with Crippen LogP contribution in [0.15, 0.2) is 47.3 Å². The maximum atomic E-state index is 13.2. The molecule has 0 spiro atoms. The molecule has 0 fully saturated rings. The Morgan fingerprint density at radius 3 is 2.41 bits per heavy atom. The zero-order valence-electron chi connectivity index (χ0n) is 16.4. The lowest BCUT2D eigenvalue weighted by Gasteiger charge is -2.21. The second kappa shape index (κ2) is 8.68. The Labute approximate surface area is 174 Å². The standard InChI is InChI=1S/C22H24ClN3O3/c1-13(2)11-26-19(10-24)21(14-3-5-15(23)6-4-14)18-9-16(29-12-20(25)27)7-8-17(18)22(26)28/h3-9,13H,10-12,24H2,1-2H3,(H2,25,27). The highest BCUT2D eigenvalue weighted by atomic mass is 35.5. The van der Waals surface area contributed by atoms with E-state index in [0.29, 0.717) is 28.1 Å². The van der Waals surface area contributed by atoms with Crippen molar-refractivity contribution >= 4 is 28.3 Å². The second-order valence-corrected chi connectivity index (χ2v) is 7.74. The molecular formula is C22H24ClN3O3. The second-order valence-electron chi connectivity index (χ2n) is 7.30. The minimum Gasteiger partial charge on any atom is -0.484 e. The molecule has 6 nitrogen and oxygen atoms in total. The molecule has 0 bridgehead atoms. The van der Waals surface area contributed by atoms with Crippen molar-refractivity contribution < 1.29 is 9.53 Å². The molecule has 1 aromatic heterocycles. The molecule has 0 radical (unpaired) electrons. The zero-order chi connectivity index (χ0) is 21.1. The third-order valence-electron chi connectivity index (χ3n) is 4.61. The molecule has 1 heterocycles. The molecular weight excluding hydrogens is 390 g/mol. The fraction of sp³-hybridized carbons (Fsp3) is 0.273. The number of pyridine rings is 1. The minimum absolute atomic E-state index is 0.103. The topological polar surface area (TPSA) is 100 Å². The highest BCUT2D eigenvalue weighted by Crippen LogP contribution is 2.33. The SMILES string of the molecule is CC(C)Cn1c(CN)c(-c2ccc(Cl)cc2)c2cc(OCC(N)=O)ccc2c1=O. The summed E-state index contributed by atoms with van der Waals surface area (Å²) in [5, 5.41) is 1.88. The van der Waals surface area contributed by atoms with Gasteiger partial charge in [0.05, 0.1) is 0 Å². The molecule has 2 aromatic carbocycles. The molecule has 0 aliphatic rings. The summed E-state index contributed by atoms with van der Waals surface area (Å²) in [7, 11) is 0. The Hall–Kier alpha value is -2.83. The predicted octanol–water partition coefficient (Wildman–Crippen LogP) is 3.30. The number of fused-ring (bicyclic) bond motifs is 1. The van der Waals surface area contributed by atoms with Gasteiger partial charge in [-0.15, -0.1) is 0 Å². The molecule has 0 aliphatic heterocycles. The Morgan fingerprint density at radius 2 is 1.83 bits per heavy atom. The molecule has 3 aromatic rings. The normalized spacial score (nSPS) is 11.2. The van der Waals surface area contributed by atoms with Gasteiger partial charge in [-0.1, -0.05) is 37.6 Å². The van der Waals surface area contributed by atoms with Crippen LogP contribution in [0.1, 0.15) is 19.5 Å². The van der Waals surface area contributed by atoms with Crippen molar-refractivity contribution in [1.29, 1.82) is 0 Å². The number of aromatic nitrogens is 1. The number of primary amides is 1. The average Bonchev–Trinajstić information content (AvgIpc) is 2.68. The number of ether oxygens (including phenoxy) is 1. The number of amides is 1. The molecule has 0 unspecified atom stereocenters. The van der Waals surface area contributed by atoms with Crippen LogP contribution in [0.3, 0.4) is 0 Å². The molecule has 152 valence electrons. The molecule has 29 heavy (non-hydrogen) atoms. The fourth-order valence-corrected chi connectivity index (χ4v) is 3.55. The number of carbonyl (C=O) groups is 1. The van der Waals surface area contributed by atoms with E-state index in [-0.39, 0.29) is 24.6 Å². The molecule has 7 heteroatoms. The third-order valence-corrected chi connectivity index (χ3v) is 4.86. The van der Waals surface area contributed by atoms with Crippen LogP contribution in [0, 0.1) is 5.92 Å². The molecule has 1 amide bonds. The summed E-state index contributed by atoms with van der Waals surface area (Å²) < 4.78 is 7.21. The molecule has 4 N–H and O–H groups in total. The first-order valence-corrected chi connectivity index (χ1v) is 9.76. The van der Waals surface area contributed by atoms with E-state index in [1.54, 1.807) is 34.9 Å². The first-order valence-electron chi connectivity index (χ1n) is 9.38. The van der Waals surface area contributed by atoms with E-state index in [1.165, 1.54) is 0 Å². The number of carbonyl (C=O) groups excluding carboxylic acids is 1. The monoisotopic (exact) mass is 413 g/mol. The lowest BCUT2D eigenvalue weighted by Crippen LogP contribution is -2.28. The maximum absolute atomic E-state index is 13.2. The van der Waals surface area contributed by atoms with Crippen LogP contribution in [-0.4, -0.2) is 17.1 Å². The predicted molar refractivity (Wildman–Crippen MR) is 116 cm³/mol. The Bertz CT molecular complexity index is 1100. The first kappa shape index (κ1) is 20.9. The zero-order valence-corrected chi connectivity index (χ0v) is 17.2. The van der Waals surface area contributed by atoms with Crippen LogP contribution in [0.5, 0.6) is 5.75 Å². The number of hydrogen-bond donors (Lipinski definition) is 2. The van der Waals surface area contributed by atoms with Crippen molar-refractivity contribution in [1.82, 2.24) is 4.57 Å². The van der Waals surface area contributed by atoms with Gasteiger partial charge in [0, 0.05) is 40.1 Å². The summed E-state index contributed by atoms with van der Waals surface area (Å²) in [4.78, 5) is 24.3. The van der Waals surface area contributed by atoms with Gasteiger partial charge in [-0.25, -0.2) is 0 Å². The number of nitrogens with two attached hydrogens (primary N) is 2. The number of halogens is 1. The van der Waals surface area contributed by atoms with Crippen LogP contribution in [0.25, 0.3) is 21.9 Å². The van der Waals surface area contributed by atoms with Crippen molar-refractivity contribution in [2.75, 3.05) is 6.61 Å². The van der Waals surface area contributed by atoms with Crippen LogP contribution in [0.2, 0.25) is 5.02 Å². The van der Waals surface area contributed by atoms with Crippen molar-refractivity contribution in [2.24, 2.45) is 17.4 Å². The Kier molecular flexibility index (Phi) is 6.25. The average molecular weight is 414 g/mol. The molecule has 0 atom stereocenters. The summed E-state index contributed by atoms with van der Waals surface area (Å²) in [6.07, 6.45) is 0. The van der Waals surface area contributed by atoms with Gasteiger partial charge in [-0.2, -0.15) is 0 Å². The molecule has 3 rings (SSSR count). The number of benzene rings is 2. The van der Waals surface area contributed by atoms with Gasteiger partial charge in [0.25, 0.3) is 11.5 Å². The first-order chi connectivity index (χ1) is 13.8. The van der Waals surface area contributed by atoms with E-state index in [1.807, 2.05) is 12.1 Å². The number of hydrogen-bond acceptors (Lipinski definition) is 4. The van der Waals surface area contributed by atoms with E-state index in [9.17, 15) is 9.59 Å². The summed E-state index contributed by atoms with van der Waals surface area (Å²) >= 11 is 6.07. The largest absolute Gasteiger partial charge is 0.484 e. The van der Waals surface area contributed by atoms with Crippen molar-refractivity contribution in [3.05, 3.63) is 63.5 Å². The van der Waals surface area contributed by atoms with E-state index in [2.05, 4.69) is 13.8 Å². The summed E-state index contributed by atoms with van der Waals surface area (Å²) in [6.45, 7) is 4.62. The van der Waals surface area contributed by atoms with Crippen molar-refractivity contribution in [3.8, 4) is 16.9 Å². The van der Waals surface area contributed by atoms with Gasteiger partial charge in [0.2, 0.25) is 0 Å². The highest BCUT2D eigenvalue weighted by molar-refractivity contribution is 6.30. The lowest BCUT2D eigenvalue weighted by molar-refractivity contribution is -0.119. The Balaban J connectivity index is 2.35. The van der Waals surface area contributed by atoms with E-state index < -0.39 is 5.91 Å². The van der Waals surface area contributed by atoms with Crippen LogP contribution < -0.4 is 21.8 Å².